The SMILES string of the molecule is Cc1nn(CCCNC(=O)c2c(C)nn(-c3ccccc3)c2C)cc1Cl. The highest BCUT2D eigenvalue weighted by Gasteiger charge is 2.19. The van der Waals surface area contributed by atoms with E-state index in [9.17, 15) is 4.79 Å². The standard InChI is InChI=1S/C19H22ClN5O/c1-13-17(20)12-24(22-13)11-7-10-21-19(26)18-14(2)23-25(15(18)3)16-8-5-4-6-9-16/h4-6,8-9,12H,7,10-11H2,1-3H3,(H,21,26). The van der Waals surface area contributed by atoms with Gasteiger partial charge in [-0.05, 0) is 39.3 Å². The summed E-state index contributed by atoms with van der Waals surface area (Å²) in [5.74, 6) is -0.100. The molecule has 3 rings (SSSR count). The van der Waals surface area contributed by atoms with Crippen molar-refractivity contribution >= 4 is 17.5 Å². The van der Waals surface area contributed by atoms with Gasteiger partial charge in [0.2, 0.25) is 0 Å². The number of aromatic nitrogens is 4. The first kappa shape index (κ1) is 18.2. The van der Waals surface area contributed by atoms with Crippen LogP contribution in [0.2, 0.25) is 5.02 Å². The van der Waals surface area contributed by atoms with Crippen LogP contribution in [0.25, 0.3) is 5.69 Å². The Morgan fingerprint density at radius 3 is 2.50 bits per heavy atom. The summed E-state index contributed by atoms with van der Waals surface area (Å²) in [7, 11) is 0. The molecule has 0 bridgehead atoms. The number of hydrogen-bond acceptors (Lipinski definition) is 3. The number of benzene rings is 1. The lowest BCUT2D eigenvalue weighted by atomic mass is 10.2. The molecule has 136 valence electrons. The lowest BCUT2D eigenvalue weighted by Gasteiger charge is -2.07. The van der Waals surface area contributed by atoms with Crippen LogP contribution in [-0.4, -0.2) is 32.0 Å². The Labute approximate surface area is 157 Å². The fourth-order valence-electron chi connectivity index (χ4n) is 2.93. The highest BCUT2D eigenvalue weighted by molar-refractivity contribution is 6.31. The Morgan fingerprint density at radius 1 is 1.12 bits per heavy atom. The van der Waals surface area contributed by atoms with Gasteiger partial charge in [0.1, 0.15) is 0 Å². The fourth-order valence-corrected chi connectivity index (χ4v) is 3.08. The average molecular weight is 372 g/mol. The third kappa shape index (κ3) is 3.80. The summed E-state index contributed by atoms with van der Waals surface area (Å²) in [5.41, 5.74) is 3.94. The molecule has 0 atom stereocenters. The van der Waals surface area contributed by atoms with Crippen molar-refractivity contribution in [3.05, 3.63) is 64.2 Å². The number of carbonyl (C=O) groups is 1. The van der Waals surface area contributed by atoms with Crippen LogP contribution in [0, 0.1) is 20.8 Å². The van der Waals surface area contributed by atoms with E-state index in [2.05, 4.69) is 15.5 Å². The van der Waals surface area contributed by atoms with E-state index in [1.807, 2.05) is 51.1 Å². The van der Waals surface area contributed by atoms with Crippen LogP contribution in [0.1, 0.15) is 33.9 Å². The maximum atomic E-state index is 12.6. The first-order chi connectivity index (χ1) is 12.5. The molecule has 0 saturated carbocycles. The monoisotopic (exact) mass is 371 g/mol. The zero-order chi connectivity index (χ0) is 18.7. The largest absolute Gasteiger partial charge is 0.352 e. The number of amides is 1. The Morgan fingerprint density at radius 2 is 1.85 bits per heavy atom. The summed E-state index contributed by atoms with van der Waals surface area (Å²) in [6.45, 7) is 6.91. The molecule has 0 aliphatic heterocycles. The van der Waals surface area contributed by atoms with Crippen molar-refractivity contribution in [3.8, 4) is 5.69 Å². The number of hydrogen-bond donors (Lipinski definition) is 1. The summed E-state index contributed by atoms with van der Waals surface area (Å²) >= 11 is 6.00. The molecule has 3 aromatic rings. The van der Waals surface area contributed by atoms with E-state index in [4.69, 9.17) is 11.6 Å². The number of nitrogens with one attached hydrogen (secondary N) is 1. The second kappa shape index (κ2) is 7.74. The third-order valence-corrected chi connectivity index (χ3v) is 4.63. The van der Waals surface area contributed by atoms with Crippen molar-refractivity contribution in [2.75, 3.05) is 6.54 Å². The van der Waals surface area contributed by atoms with Gasteiger partial charge < -0.3 is 5.32 Å². The van der Waals surface area contributed by atoms with Crippen molar-refractivity contribution in [1.29, 1.82) is 0 Å². The van der Waals surface area contributed by atoms with Gasteiger partial charge >= 0.3 is 0 Å². The lowest BCUT2D eigenvalue weighted by Crippen LogP contribution is -2.26. The number of nitrogens with zero attached hydrogens (tertiary/aromatic N) is 4. The molecule has 0 radical (unpaired) electrons. The van der Waals surface area contributed by atoms with Crippen molar-refractivity contribution in [2.24, 2.45) is 0 Å². The van der Waals surface area contributed by atoms with Gasteiger partial charge in [0, 0.05) is 19.3 Å². The van der Waals surface area contributed by atoms with Gasteiger partial charge in [0.25, 0.3) is 5.91 Å². The normalized spacial score (nSPS) is 10.9. The molecule has 7 heteroatoms. The van der Waals surface area contributed by atoms with Crippen LogP contribution in [0.15, 0.2) is 36.5 Å². The van der Waals surface area contributed by atoms with E-state index >= 15 is 0 Å². The molecule has 0 aliphatic rings. The van der Waals surface area contributed by atoms with Gasteiger partial charge in [-0.1, -0.05) is 29.8 Å². The van der Waals surface area contributed by atoms with Crippen molar-refractivity contribution in [3.63, 3.8) is 0 Å². The zero-order valence-electron chi connectivity index (χ0n) is 15.2. The summed E-state index contributed by atoms with van der Waals surface area (Å²) < 4.78 is 3.60. The Hall–Kier alpha value is -2.60. The molecule has 6 nitrogen and oxygen atoms in total. The summed E-state index contributed by atoms with van der Waals surface area (Å²) in [4.78, 5) is 12.6. The molecule has 2 aromatic heterocycles. The molecule has 1 amide bonds. The predicted octanol–water partition coefficient (Wildman–Crippen LogP) is 3.47. The number of carbonyl (C=O) groups excluding carboxylic acids is 1. The average Bonchev–Trinajstić information content (AvgIpc) is 3.10. The minimum atomic E-state index is -0.100. The molecule has 0 aliphatic carbocycles. The first-order valence-corrected chi connectivity index (χ1v) is 8.94. The van der Waals surface area contributed by atoms with E-state index in [-0.39, 0.29) is 5.91 Å². The van der Waals surface area contributed by atoms with Crippen LogP contribution in [0.4, 0.5) is 0 Å². The van der Waals surface area contributed by atoms with Crippen LogP contribution in [-0.2, 0) is 6.54 Å². The van der Waals surface area contributed by atoms with Gasteiger partial charge in [-0.3, -0.25) is 9.48 Å². The molecule has 0 saturated heterocycles. The van der Waals surface area contributed by atoms with Gasteiger partial charge in [0.05, 0.1) is 33.4 Å². The van der Waals surface area contributed by atoms with Gasteiger partial charge in [-0.2, -0.15) is 10.2 Å². The topological polar surface area (TPSA) is 64.7 Å². The molecular weight excluding hydrogens is 350 g/mol. The number of aryl methyl sites for hydroxylation is 3. The van der Waals surface area contributed by atoms with E-state index in [1.165, 1.54) is 0 Å². The van der Waals surface area contributed by atoms with E-state index in [0.29, 0.717) is 23.7 Å². The molecular formula is C19H22ClN5O. The molecule has 1 N–H and O–H groups in total. The van der Waals surface area contributed by atoms with Gasteiger partial charge in [-0.25, -0.2) is 4.68 Å². The first-order valence-electron chi connectivity index (χ1n) is 8.56. The highest BCUT2D eigenvalue weighted by Crippen LogP contribution is 2.17. The molecule has 0 fully saturated rings. The van der Waals surface area contributed by atoms with E-state index in [0.717, 1.165) is 29.2 Å². The van der Waals surface area contributed by atoms with Crippen molar-refractivity contribution < 1.29 is 4.79 Å². The molecule has 0 spiro atoms. The van der Waals surface area contributed by atoms with Crippen molar-refractivity contribution in [2.45, 2.75) is 33.7 Å². The second-order valence-corrected chi connectivity index (χ2v) is 6.64. The lowest BCUT2D eigenvalue weighted by molar-refractivity contribution is 0.0951. The Kier molecular flexibility index (Phi) is 5.42. The second-order valence-electron chi connectivity index (χ2n) is 6.23. The maximum absolute atomic E-state index is 12.6. The third-order valence-electron chi connectivity index (χ3n) is 4.26. The summed E-state index contributed by atoms with van der Waals surface area (Å²) in [5, 5.41) is 12.5. The Balaban J connectivity index is 1.62. The highest BCUT2D eigenvalue weighted by atomic mass is 35.5. The summed E-state index contributed by atoms with van der Waals surface area (Å²) in [6.07, 6.45) is 2.57. The van der Waals surface area contributed by atoms with Gasteiger partial charge in [0.15, 0.2) is 0 Å². The molecule has 1 aromatic carbocycles. The number of halogens is 1. The van der Waals surface area contributed by atoms with Crippen LogP contribution in [0.5, 0.6) is 0 Å². The molecule has 0 unspecified atom stereocenters. The smallest absolute Gasteiger partial charge is 0.255 e. The minimum absolute atomic E-state index is 0.100. The number of para-hydroxylation sites is 1. The van der Waals surface area contributed by atoms with E-state index in [1.54, 1.807) is 15.6 Å². The van der Waals surface area contributed by atoms with Gasteiger partial charge in [-0.15, -0.1) is 0 Å². The summed E-state index contributed by atoms with van der Waals surface area (Å²) in [6, 6.07) is 9.80. The van der Waals surface area contributed by atoms with Crippen LogP contribution >= 0.6 is 11.6 Å². The van der Waals surface area contributed by atoms with Crippen LogP contribution in [0.3, 0.4) is 0 Å². The number of rotatable bonds is 6. The predicted molar refractivity (Wildman–Crippen MR) is 102 cm³/mol. The molecule has 2 heterocycles. The maximum Gasteiger partial charge on any atom is 0.255 e. The van der Waals surface area contributed by atoms with Crippen molar-refractivity contribution in [1.82, 2.24) is 24.9 Å². The Bertz CT molecular complexity index is 894. The quantitative estimate of drug-likeness (QED) is 0.675. The molecule has 26 heavy (non-hydrogen) atoms. The minimum Gasteiger partial charge on any atom is -0.352 e. The van der Waals surface area contributed by atoms with Crippen LogP contribution < -0.4 is 5.32 Å². The van der Waals surface area contributed by atoms with E-state index < -0.39 is 0 Å². The zero-order valence-corrected chi connectivity index (χ0v) is 15.9. The fraction of sp³-hybridized carbons (Fsp3) is 0.316.